The van der Waals surface area contributed by atoms with Crippen LogP contribution < -0.4 is 5.32 Å². The van der Waals surface area contributed by atoms with Crippen LogP contribution in [0.3, 0.4) is 0 Å². The summed E-state index contributed by atoms with van der Waals surface area (Å²) in [4.78, 5) is 3.56. The number of nitrogens with one attached hydrogen (secondary N) is 1. The van der Waals surface area contributed by atoms with Crippen LogP contribution in [0.4, 0.5) is 0 Å². The maximum atomic E-state index is 8.19. The van der Waals surface area contributed by atoms with Gasteiger partial charge in [-0.25, -0.2) is 0 Å². The number of aliphatic hydroxyl groups is 1. The Morgan fingerprint density at radius 3 is 3.00 bits per heavy atom. The van der Waals surface area contributed by atoms with Crippen molar-refractivity contribution in [1.82, 2.24) is 5.32 Å². The summed E-state index contributed by atoms with van der Waals surface area (Å²) in [7, 11) is 0. The highest BCUT2D eigenvalue weighted by molar-refractivity contribution is 5.27. The molecule has 0 bridgehead atoms. The fourth-order valence-electron chi connectivity index (χ4n) is 0.239. The highest BCUT2D eigenvalue weighted by atomic mass is 16.3. The minimum absolute atomic E-state index is 0.0626. The van der Waals surface area contributed by atoms with E-state index in [1.54, 1.807) is 13.1 Å². The largest absolute Gasteiger partial charge is 0.377 e. The Bertz CT molecular complexity index is 98.6. The zero-order chi connectivity index (χ0) is 6.41. The zero-order valence-electron chi connectivity index (χ0n) is 4.89. The first-order valence-electron chi connectivity index (χ1n) is 2.29. The molecule has 0 amide bonds. The van der Waals surface area contributed by atoms with E-state index in [1.165, 1.54) is 0 Å². The first kappa shape index (κ1) is 7.17. The molecule has 3 nitrogen and oxygen atoms in total. The summed E-state index contributed by atoms with van der Waals surface area (Å²) in [6, 6.07) is 0. The van der Waals surface area contributed by atoms with Gasteiger partial charge in [0.2, 0.25) is 0 Å². The summed E-state index contributed by atoms with van der Waals surface area (Å²) in [5, 5.41) is 10.8. The molecule has 2 N–H and O–H groups in total. The number of aliphatic imine (C=N–C) groups is 1. The van der Waals surface area contributed by atoms with E-state index in [9.17, 15) is 0 Å². The van der Waals surface area contributed by atoms with Crippen molar-refractivity contribution < 1.29 is 5.11 Å². The van der Waals surface area contributed by atoms with E-state index >= 15 is 0 Å². The van der Waals surface area contributed by atoms with Crippen LogP contribution in [0.2, 0.25) is 0 Å². The molecule has 0 aliphatic carbocycles. The van der Waals surface area contributed by atoms with E-state index in [4.69, 9.17) is 5.11 Å². The van der Waals surface area contributed by atoms with E-state index in [0.29, 0.717) is 0 Å². The molecule has 0 aromatic rings. The molecule has 46 valence electrons. The summed E-state index contributed by atoms with van der Waals surface area (Å²) in [5.41, 5.74) is 0.763. The van der Waals surface area contributed by atoms with Gasteiger partial charge in [0, 0.05) is 6.20 Å². The lowest BCUT2D eigenvalue weighted by Crippen LogP contribution is -2.05. The Hall–Kier alpha value is -0.830. The van der Waals surface area contributed by atoms with Crippen LogP contribution in [-0.2, 0) is 0 Å². The second-order valence-corrected chi connectivity index (χ2v) is 1.31. The van der Waals surface area contributed by atoms with Crippen molar-refractivity contribution in [2.75, 3.05) is 6.73 Å². The molecule has 0 saturated heterocycles. The summed E-state index contributed by atoms with van der Waals surface area (Å²) < 4.78 is 0. The lowest BCUT2D eigenvalue weighted by molar-refractivity contribution is 0.279. The lowest BCUT2D eigenvalue weighted by Gasteiger charge is -1.91. The highest BCUT2D eigenvalue weighted by Gasteiger charge is 1.75. The van der Waals surface area contributed by atoms with Crippen LogP contribution >= 0.6 is 0 Å². The molecule has 0 radical (unpaired) electrons. The first-order chi connectivity index (χ1) is 3.81. The third-order valence-electron chi connectivity index (χ3n) is 0.652. The van der Waals surface area contributed by atoms with Crippen LogP contribution in [0.25, 0.3) is 0 Å². The second kappa shape index (κ2) is 4.33. The molecule has 0 aromatic heterocycles. The Morgan fingerprint density at radius 1 is 2.00 bits per heavy atom. The Balaban J connectivity index is 3.40. The Morgan fingerprint density at radius 2 is 2.62 bits per heavy atom. The van der Waals surface area contributed by atoms with Gasteiger partial charge in [0.1, 0.15) is 6.73 Å². The maximum Gasteiger partial charge on any atom is 0.112 e. The van der Waals surface area contributed by atoms with Crippen LogP contribution in [0.1, 0.15) is 6.92 Å². The lowest BCUT2D eigenvalue weighted by atomic mass is 10.5. The minimum atomic E-state index is -0.0626. The SMILES string of the molecule is C=N/C(C)=C\NCO. The van der Waals surface area contributed by atoms with Gasteiger partial charge in [-0.05, 0) is 13.6 Å². The predicted octanol–water partition coefficient (Wildman–Crippen LogP) is 0.0877. The van der Waals surface area contributed by atoms with E-state index in [0.717, 1.165) is 5.70 Å². The molecule has 0 atom stereocenters. The summed E-state index contributed by atoms with van der Waals surface area (Å²) in [6.07, 6.45) is 1.59. The normalized spacial score (nSPS) is 11.0. The van der Waals surface area contributed by atoms with E-state index in [-0.39, 0.29) is 6.73 Å². The van der Waals surface area contributed by atoms with Gasteiger partial charge in [0.15, 0.2) is 0 Å². The molecule has 0 unspecified atom stereocenters. The molecule has 0 rings (SSSR count). The fraction of sp³-hybridized carbons (Fsp3) is 0.400. The molecular formula is C5H10N2O. The molecule has 0 aliphatic heterocycles. The summed E-state index contributed by atoms with van der Waals surface area (Å²) >= 11 is 0. The third-order valence-corrected chi connectivity index (χ3v) is 0.652. The van der Waals surface area contributed by atoms with Crippen molar-refractivity contribution in [3.63, 3.8) is 0 Å². The predicted molar refractivity (Wildman–Crippen MR) is 33.5 cm³/mol. The molecule has 8 heavy (non-hydrogen) atoms. The number of rotatable bonds is 3. The molecule has 0 saturated carbocycles. The monoisotopic (exact) mass is 114 g/mol. The van der Waals surface area contributed by atoms with Gasteiger partial charge in [-0.2, -0.15) is 0 Å². The number of hydrogen-bond acceptors (Lipinski definition) is 3. The van der Waals surface area contributed by atoms with Gasteiger partial charge in [-0.1, -0.05) is 0 Å². The molecule has 0 aromatic carbocycles. The van der Waals surface area contributed by atoms with Gasteiger partial charge in [-0.15, -0.1) is 0 Å². The van der Waals surface area contributed by atoms with Crippen LogP contribution in [0.15, 0.2) is 16.9 Å². The van der Waals surface area contributed by atoms with Gasteiger partial charge in [-0.3, -0.25) is 4.99 Å². The van der Waals surface area contributed by atoms with Gasteiger partial charge in [0.25, 0.3) is 0 Å². The molecule has 0 aliphatic rings. The van der Waals surface area contributed by atoms with Gasteiger partial charge in [0.05, 0.1) is 5.70 Å². The first-order valence-corrected chi connectivity index (χ1v) is 2.29. The molecule has 0 spiro atoms. The van der Waals surface area contributed by atoms with Gasteiger partial charge < -0.3 is 10.4 Å². The van der Waals surface area contributed by atoms with Crippen LogP contribution in [0.5, 0.6) is 0 Å². The van der Waals surface area contributed by atoms with Crippen LogP contribution in [0, 0.1) is 0 Å². The average Bonchev–Trinajstić information content (AvgIpc) is 1.83. The van der Waals surface area contributed by atoms with E-state index in [2.05, 4.69) is 17.0 Å². The van der Waals surface area contributed by atoms with Gasteiger partial charge >= 0.3 is 0 Å². The number of nitrogens with zero attached hydrogens (tertiary/aromatic N) is 1. The van der Waals surface area contributed by atoms with Crippen molar-refractivity contribution in [2.45, 2.75) is 6.92 Å². The minimum Gasteiger partial charge on any atom is -0.377 e. The molecule has 0 heterocycles. The van der Waals surface area contributed by atoms with Crippen molar-refractivity contribution >= 4 is 6.72 Å². The summed E-state index contributed by atoms with van der Waals surface area (Å²) in [5.74, 6) is 0. The number of allylic oxidation sites excluding steroid dienone is 1. The third kappa shape index (κ3) is 3.36. The van der Waals surface area contributed by atoms with Crippen molar-refractivity contribution in [1.29, 1.82) is 0 Å². The van der Waals surface area contributed by atoms with Crippen molar-refractivity contribution in [2.24, 2.45) is 4.99 Å². The maximum absolute atomic E-state index is 8.19. The Kier molecular flexibility index (Phi) is 3.88. The second-order valence-electron chi connectivity index (χ2n) is 1.31. The van der Waals surface area contributed by atoms with Crippen molar-refractivity contribution in [3.8, 4) is 0 Å². The van der Waals surface area contributed by atoms with E-state index in [1.807, 2.05) is 0 Å². The molecular weight excluding hydrogens is 104 g/mol. The standard InChI is InChI=1S/C5H10N2O/c1-5(6-2)3-7-4-8/h3,7-8H,2,4H2,1H3/b5-3-. The van der Waals surface area contributed by atoms with Crippen LogP contribution in [-0.4, -0.2) is 18.6 Å². The highest BCUT2D eigenvalue weighted by Crippen LogP contribution is 1.86. The van der Waals surface area contributed by atoms with E-state index < -0.39 is 0 Å². The topological polar surface area (TPSA) is 44.6 Å². The zero-order valence-corrected chi connectivity index (χ0v) is 4.89. The number of hydrogen-bond donors (Lipinski definition) is 2. The molecule has 0 fully saturated rings. The fourth-order valence-corrected chi connectivity index (χ4v) is 0.239. The number of aliphatic hydroxyl groups excluding tert-OH is 1. The smallest absolute Gasteiger partial charge is 0.112 e. The summed E-state index contributed by atoms with van der Waals surface area (Å²) in [6.45, 7) is 5.00. The van der Waals surface area contributed by atoms with Crippen molar-refractivity contribution in [3.05, 3.63) is 11.9 Å². The quantitative estimate of drug-likeness (QED) is 0.403. The average molecular weight is 114 g/mol. The Labute approximate surface area is 48.7 Å². The molecule has 3 heteroatoms.